The summed E-state index contributed by atoms with van der Waals surface area (Å²) in [6, 6.07) is 11.1. The number of imidazole rings is 1. The Morgan fingerprint density at radius 3 is 2.77 bits per heavy atom. The number of pyridine rings is 2. The number of likely N-dealkylation sites (tertiary alicyclic amines) is 1. The van der Waals surface area contributed by atoms with E-state index < -0.39 is 11.7 Å². The summed E-state index contributed by atoms with van der Waals surface area (Å²) >= 11 is 1.63. The first kappa shape index (κ1) is 24.0. The third-order valence-electron chi connectivity index (χ3n) is 7.03. The van der Waals surface area contributed by atoms with Crippen molar-refractivity contribution in [2.45, 2.75) is 25.8 Å². The molecule has 1 aromatic carbocycles. The first-order chi connectivity index (χ1) is 18.8. The molecule has 7 nitrogen and oxygen atoms in total. The smallest absolute Gasteiger partial charge is 0.261 e. The average Bonchev–Trinajstić information content (AvgIpc) is 3.70. The van der Waals surface area contributed by atoms with Gasteiger partial charge >= 0.3 is 0 Å². The predicted molar refractivity (Wildman–Crippen MR) is 145 cm³/mol. The molecule has 0 atom stereocenters. The third-order valence-corrected chi connectivity index (χ3v) is 8.03. The van der Waals surface area contributed by atoms with Crippen LogP contribution in [-0.2, 0) is 6.54 Å². The number of benzene rings is 1. The molecule has 11 heteroatoms. The van der Waals surface area contributed by atoms with Gasteiger partial charge in [0.15, 0.2) is 5.82 Å². The van der Waals surface area contributed by atoms with Crippen molar-refractivity contribution in [1.82, 2.24) is 35.0 Å². The molecule has 0 amide bonds. The van der Waals surface area contributed by atoms with E-state index in [1.165, 1.54) is 4.88 Å². The van der Waals surface area contributed by atoms with Gasteiger partial charge < -0.3 is 4.98 Å². The number of hydrogen-bond acceptors (Lipinski definition) is 6. The number of fused-ring (bicyclic) bond motifs is 2. The second-order valence-corrected chi connectivity index (χ2v) is 11.2. The Labute approximate surface area is 224 Å². The second kappa shape index (κ2) is 8.99. The average molecular weight is 546 g/mol. The molecule has 196 valence electrons. The Morgan fingerprint density at radius 1 is 1.08 bits per heavy atom. The second-order valence-electron chi connectivity index (χ2n) is 9.87. The van der Waals surface area contributed by atoms with Gasteiger partial charge in [-0.25, -0.2) is 18.2 Å². The third kappa shape index (κ3) is 4.27. The zero-order chi connectivity index (χ0) is 26.7. The van der Waals surface area contributed by atoms with Crippen molar-refractivity contribution in [3.63, 3.8) is 0 Å². The van der Waals surface area contributed by atoms with Crippen LogP contribution in [0.3, 0.4) is 0 Å². The van der Waals surface area contributed by atoms with Gasteiger partial charge in [-0.1, -0.05) is 0 Å². The highest BCUT2D eigenvalue weighted by molar-refractivity contribution is 7.15. The maximum absolute atomic E-state index is 16.1. The summed E-state index contributed by atoms with van der Waals surface area (Å²) < 4.78 is 43.4. The Kier molecular flexibility index (Phi) is 5.53. The predicted octanol–water partition coefficient (Wildman–Crippen LogP) is 6.58. The van der Waals surface area contributed by atoms with Crippen LogP contribution in [0.25, 0.3) is 55.2 Å². The molecular formula is C28H22F3N7S. The summed E-state index contributed by atoms with van der Waals surface area (Å²) in [5.74, 6) is -2.71. The SMILES string of the molecule is Cc1ccc(-c2nccc3[nH]c(-c4n[nH]c5ccc(-c6cncc(CN7CCC(F)(F)C7)c6)c(F)c45)nc23)s1. The fourth-order valence-corrected chi connectivity index (χ4v) is 6.04. The van der Waals surface area contributed by atoms with Crippen LogP contribution in [0.15, 0.2) is 55.0 Å². The monoisotopic (exact) mass is 545 g/mol. The minimum Gasteiger partial charge on any atom is -0.336 e. The molecular weight excluding hydrogens is 523 g/mol. The number of nitrogens with zero attached hydrogens (tertiary/aromatic N) is 5. The number of hydrogen-bond donors (Lipinski definition) is 2. The quantitative estimate of drug-likeness (QED) is 0.256. The zero-order valence-corrected chi connectivity index (χ0v) is 21.6. The molecule has 1 saturated heterocycles. The molecule has 0 saturated carbocycles. The molecule has 1 aliphatic heterocycles. The van der Waals surface area contributed by atoms with E-state index in [2.05, 4.69) is 25.1 Å². The highest BCUT2D eigenvalue weighted by Gasteiger charge is 2.38. The van der Waals surface area contributed by atoms with Crippen LogP contribution in [-0.4, -0.2) is 54.0 Å². The lowest BCUT2D eigenvalue weighted by molar-refractivity contribution is 0.0115. The van der Waals surface area contributed by atoms with E-state index in [9.17, 15) is 8.78 Å². The summed E-state index contributed by atoms with van der Waals surface area (Å²) in [4.78, 5) is 20.7. The number of thiophene rings is 1. The largest absolute Gasteiger partial charge is 0.336 e. The molecule has 1 fully saturated rings. The van der Waals surface area contributed by atoms with Crippen molar-refractivity contribution in [3.05, 3.63) is 71.2 Å². The molecule has 2 N–H and O–H groups in total. The molecule has 5 aromatic heterocycles. The van der Waals surface area contributed by atoms with Gasteiger partial charge in [0.05, 0.1) is 27.8 Å². The number of nitrogens with one attached hydrogen (secondary N) is 2. The molecule has 0 bridgehead atoms. The van der Waals surface area contributed by atoms with Crippen LogP contribution in [0.4, 0.5) is 13.2 Å². The van der Waals surface area contributed by atoms with Gasteiger partial charge in [0, 0.05) is 54.1 Å². The van der Waals surface area contributed by atoms with Crippen molar-refractivity contribution in [1.29, 1.82) is 0 Å². The van der Waals surface area contributed by atoms with E-state index in [-0.39, 0.29) is 13.0 Å². The maximum atomic E-state index is 16.1. The molecule has 6 heterocycles. The summed E-state index contributed by atoms with van der Waals surface area (Å²) in [6.07, 6.45) is 4.78. The lowest BCUT2D eigenvalue weighted by atomic mass is 10.0. The molecule has 1 aliphatic rings. The maximum Gasteiger partial charge on any atom is 0.261 e. The highest BCUT2D eigenvalue weighted by Crippen LogP contribution is 2.36. The lowest BCUT2D eigenvalue weighted by Gasteiger charge is -2.16. The topological polar surface area (TPSA) is 86.4 Å². The fourth-order valence-electron chi connectivity index (χ4n) is 5.18. The van der Waals surface area contributed by atoms with E-state index in [1.807, 2.05) is 25.1 Å². The number of aryl methyl sites for hydroxylation is 1. The van der Waals surface area contributed by atoms with E-state index in [0.29, 0.717) is 52.2 Å². The molecule has 0 unspecified atom stereocenters. The zero-order valence-electron chi connectivity index (χ0n) is 20.8. The van der Waals surface area contributed by atoms with Gasteiger partial charge in [-0.05, 0) is 48.9 Å². The van der Waals surface area contributed by atoms with Gasteiger partial charge in [-0.15, -0.1) is 11.3 Å². The van der Waals surface area contributed by atoms with Crippen molar-refractivity contribution < 1.29 is 13.2 Å². The van der Waals surface area contributed by atoms with E-state index in [4.69, 9.17) is 4.98 Å². The van der Waals surface area contributed by atoms with Gasteiger partial charge in [0.1, 0.15) is 22.7 Å². The van der Waals surface area contributed by atoms with Gasteiger partial charge in [-0.2, -0.15) is 5.10 Å². The van der Waals surface area contributed by atoms with Gasteiger partial charge in [0.2, 0.25) is 0 Å². The van der Waals surface area contributed by atoms with Crippen molar-refractivity contribution in [2.24, 2.45) is 0 Å². The summed E-state index contributed by atoms with van der Waals surface area (Å²) in [5, 5.41) is 7.61. The van der Waals surface area contributed by atoms with Crippen LogP contribution in [0.5, 0.6) is 0 Å². The lowest BCUT2D eigenvalue weighted by Crippen LogP contribution is -2.24. The van der Waals surface area contributed by atoms with Crippen molar-refractivity contribution in [2.75, 3.05) is 13.1 Å². The van der Waals surface area contributed by atoms with Gasteiger partial charge in [0.25, 0.3) is 5.92 Å². The molecule has 39 heavy (non-hydrogen) atoms. The summed E-state index contributed by atoms with van der Waals surface area (Å²) in [6.45, 7) is 2.40. The molecule has 0 aliphatic carbocycles. The minimum atomic E-state index is -2.67. The van der Waals surface area contributed by atoms with Crippen molar-refractivity contribution in [3.8, 4) is 33.2 Å². The Morgan fingerprint density at radius 2 is 1.97 bits per heavy atom. The number of alkyl halides is 2. The van der Waals surface area contributed by atoms with E-state index in [0.717, 1.165) is 21.7 Å². The van der Waals surface area contributed by atoms with Crippen LogP contribution < -0.4 is 0 Å². The molecule has 0 spiro atoms. The van der Waals surface area contributed by atoms with Crippen LogP contribution in [0, 0.1) is 12.7 Å². The molecule has 0 radical (unpaired) electrons. The number of H-pyrrole nitrogens is 2. The van der Waals surface area contributed by atoms with Crippen LogP contribution >= 0.6 is 11.3 Å². The number of aromatic amines is 2. The van der Waals surface area contributed by atoms with Gasteiger partial charge in [-0.3, -0.25) is 20.0 Å². The Balaban J connectivity index is 1.28. The highest BCUT2D eigenvalue weighted by atomic mass is 32.1. The summed E-state index contributed by atoms with van der Waals surface area (Å²) in [7, 11) is 0. The summed E-state index contributed by atoms with van der Waals surface area (Å²) in [5.41, 5.74) is 4.77. The minimum absolute atomic E-state index is 0.152. The van der Waals surface area contributed by atoms with Crippen LogP contribution in [0.1, 0.15) is 16.9 Å². The fraction of sp³-hybridized carbons (Fsp3) is 0.214. The molecule has 7 rings (SSSR count). The first-order valence-electron chi connectivity index (χ1n) is 12.5. The number of aromatic nitrogens is 6. The number of halogens is 3. The van der Waals surface area contributed by atoms with Crippen LogP contribution in [0.2, 0.25) is 0 Å². The normalized spacial score (nSPS) is 15.6. The standard InChI is InChI=1S/C28H22F3N7S/c1-15-2-5-21(39-15)25-24-20(6-8-33-25)34-27(35-24)26-22-19(36-37-26)4-3-18(23(22)29)17-10-16(11-32-12-17)13-38-9-7-28(30,31)14-38/h2-6,8,10-12H,7,9,13-14H2,1H3,(H,34,35)(H,36,37). The Bertz CT molecular complexity index is 1850. The molecule has 6 aromatic rings. The van der Waals surface area contributed by atoms with E-state index >= 15 is 4.39 Å². The number of rotatable bonds is 5. The van der Waals surface area contributed by atoms with Crippen molar-refractivity contribution >= 4 is 33.3 Å². The van der Waals surface area contributed by atoms with E-state index in [1.54, 1.807) is 53.0 Å². The first-order valence-corrected chi connectivity index (χ1v) is 13.3. The Hall–Kier alpha value is -4.09.